The largest absolute Gasteiger partial charge is 0.382 e. The summed E-state index contributed by atoms with van der Waals surface area (Å²) >= 11 is 0. The van der Waals surface area contributed by atoms with E-state index in [1.165, 1.54) is 0 Å². The lowest BCUT2D eigenvalue weighted by molar-refractivity contribution is 0.0289. The minimum Gasteiger partial charge on any atom is -0.382 e. The highest BCUT2D eigenvalue weighted by Gasteiger charge is 1.99. The zero-order valence-electron chi connectivity index (χ0n) is 7.99. The minimum absolute atomic E-state index is 0.418. The van der Waals surface area contributed by atoms with Gasteiger partial charge in [-0.1, -0.05) is 0 Å². The van der Waals surface area contributed by atoms with Crippen LogP contribution in [0.25, 0.3) is 0 Å². The molecular formula is C8H15N3O2. The molecule has 0 aliphatic rings. The molecule has 0 bridgehead atoms. The van der Waals surface area contributed by atoms with Gasteiger partial charge in [0.1, 0.15) is 12.5 Å². The molecule has 0 fully saturated rings. The predicted octanol–water partition coefficient (Wildman–Crippen LogP) is 0.394. The third-order valence-corrected chi connectivity index (χ3v) is 1.64. The standard InChI is InChI=1S/C8H15N3O2/c1-7-5-11(10-8(7)9)6-13-4-3-12-2/h5H,3-4,6H2,1-2H3,(H2,9,10). The lowest BCUT2D eigenvalue weighted by Crippen LogP contribution is -2.07. The average Bonchev–Trinajstić information content (AvgIpc) is 2.41. The first-order valence-corrected chi connectivity index (χ1v) is 4.10. The van der Waals surface area contributed by atoms with Gasteiger partial charge in [-0.2, -0.15) is 5.10 Å². The van der Waals surface area contributed by atoms with E-state index in [4.69, 9.17) is 15.2 Å². The Labute approximate surface area is 77.4 Å². The molecule has 74 valence electrons. The number of nitrogens with zero attached hydrogens (tertiary/aromatic N) is 2. The first kappa shape index (κ1) is 10.0. The minimum atomic E-state index is 0.418. The maximum atomic E-state index is 5.56. The Hall–Kier alpha value is -1.07. The molecule has 0 aliphatic carbocycles. The maximum absolute atomic E-state index is 5.56. The Balaban J connectivity index is 2.29. The number of anilines is 1. The van der Waals surface area contributed by atoms with E-state index in [1.54, 1.807) is 11.8 Å². The van der Waals surface area contributed by atoms with Gasteiger partial charge in [-0.05, 0) is 6.92 Å². The number of methoxy groups -OCH3 is 1. The maximum Gasteiger partial charge on any atom is 0.148 e. The Kier molecular flexibility index (Phi) is 3.72. The smallest absolute Gasteiger partial charge is 0.148 e. The zero-order valence-corrected chi connectivity index (χ0v) is 7.99. The van der Waals surface area contributed by atoms with Crippen molar-refractivity contribution >= 4 is 5.82 Å². The second-order valence-electron chi connectivity index (χ2n) is 2.77. The summed E-state index contributed by atoms with van der Waals surface area (Å²) in [5.74, 6) is 0.551. The number of aryl methyl sites for hydroxylation is 1. The Morgan fingerprint density at radius 2 is 2.31 bits per heavy atom. The topological polar surface area (TPSA) is 62.3 Å². The first-order valence-electron chi connectivity index (χ1n) is 4.10. The highest BCUT2D eigenvalue weighted by atomic mass is 16.5. The van der Waals surface area contributed by atoms with Crippen molar-refractivity contribution in [1.29, 1.82) is 0 Å². The summed E-state index contributed by atoms with van der Waals surface area (Å²) in [4.78, 5) is 0. The average molecular weight is 185 g/mol. The van der Waals surface area contributed by atoms with Gasteiger partial charge >= 0.3 is 0 Å². The highest BCUT2D eigenvalue weighted by Crippen LogP contribution is 2.05. The summed E-state index contributed by atoms with van der Waals surface area (Å²) in [5.41, 5.74) is 6.53. The van der Waals surface area contributed by atoms with Crippen molar-refractivity contribution in [3.05, 3.63) is 11.8 Å². The second-order valence-corrected chi connectivity index (χ2v) is 2.77. The van der Waals surface area contributed by atoms with E-state index < -0.39 is 0 Å². The molecular weight excluding hydrogens is 170 g/mol. The molecule has 5 heteroatoms. The monoisotopic (exact) mass is 185 g/mol. The van der Waals surface area contributed by atoms with Gasteiger partial charge < -0.3 is 15.2 Å². The number of rotatable bonds is 5. The van der Waals surface area contributed by atoms with E-state index in [-0.39, 0.29) is 0 Å². The molecule has 1 aromatic rings. The molecule has 2 N–H and O–H groups in total. The third-order valence-electron chi connectivity index (χ3n) is 1.64. The van der Waals surface area contributed by atoms with Gasteiger partial charge in [0, 0.05) is 18.9 Å². The van der Waals surface area contributed by atoms with Crippen LogP contribution in [-0.4, -0.2) is 30.1 Å². The van der Waals surface area contributed by atoms with Crippen molar-refractivity contribution in [1.82, 2.24) is 9.78 Å². The number of nitrogens with two attached hydrogens (primary N) is 1. The third kappa shape index (κ3) is 3.04. The van der Waals surface area contributed by atoms with Crippen LogP contribution in [0.4, 0.5) is 5.82 Å². The summed E-state index contributed by atoms with van der Waals surface area (Å²) in [6.45, 7) is 3.49. The fourth-order valence-electron chi connectivity index (χ4n) is 0.902. The van der Waals surface area contributed by atoms with Gasteiger partial charge in [0.15, 0.2) is 0 Å². The Morgan fingerprint density at radius 1 is 1.54 bits per heavy atom. The van der Waals surface area contributed by atoms with Crippen molar-refractivity contribution in [3.8, 4) is 0 Å². The van der Waals surface area contributed by atoms with Crippen molar-refractivity contribution < 1.29 is 9.47 Å². The lowest BCUT2D eigenvalue weighted by Gasteiger charge is -2.02. The molecule has 1 aromatic heterocycles. The van der Waals surface area contributed by atoms with Gasteiger partial charge in [0.25, 0.3) is 0 Å². The van der Waals surface area contributed by atoms with E-state index in [0.29, 0.717) is 25.8 Å². The number of aromatic nitrogens is 2. The molecule has 5 nitrogen and oxygen atoms in total. The van der Waals surface area contributed by atoms with E-state index >= 15 is 0 Å². The van der Waals surface area contributed by atoms with Gasteiger partial charge in [-0.3, -0.25) is 0 Å². The van der Waals surface area contributed by atoms with Crippen molar-refractivity contribution in [2.24, 2.45) is 0 Å². The van der Waals surface area contributed by atoms with Crippen LogP contribution in [0.5, 0.6) is 0 Å². The van der Waals surface area contributed by atoms with E-state index in [9.17, 15) is 0 Å². The molecule has 0 saturated heterocycles. The normalized spacial score (nSPS) is 10.6. The van der Waals surface area contributed by atoms with Gasteiger partial charge in [-0.15, -0.1) is 0 Å². The zero-order chi connectivity index (χ0) is 9.68. The van der Waals surface area contributed by atoms with Crippen molar-refractivity contribution in [2.45, 2.75) is 13.7 Å². The fourth-order valence-corrected chi connectivity index (χ4v) is 0.902. The molecule has 0 atom stereocenters. The van der Waals surface area contributed by atoms with Crippen LogP contribution in [-0.2, 0) is 16.2 Å². The summed E-state index contributed by atoms with van der Waals surface area (Å²) in [6, 6.07) is 0. The van der Waals surface area contributed by atoms with E-state index in [0.717, 1.165) is 5.56 Å². The van der Waals surface area contributed by atoms with E-state index in [1.807, 2.05) is 13.1 Å². The first-order chi connectivity index (χ1) is 6.24. The second kappa shape index (κ2) is 4.84. The predicted molar refractivity (Wildman–Crippen MR) is 49.2 cm³/mol. The van der Waals surface area contributed by atoms with Crippen LogP contribution in [0, 0.1) is 6.92 Å². The Bertz CT molecular complexity index is 240. The van der Waals surface area contributed by atoms with Gasteiger partial charge in [0.05, 0.1) is 13.2 Å². The van der Waals surface area contributed by atoms with Crippen LogP contribution >= 0.6 is 0 Å². The van der Waals surface area contributed by atoms with Crippen molar-refractivity contribution in [2.75, 3.05) is 26.1 Å². The van der Waals surface area contributed by atoms with Crippen LogP contribution in [0.15, 0.2) is 6.20 Å². The lowest BCUT2D eigenvalue weighted by atomic mass is 10.4. The molecule has 0 aromatic carbocycles. The van der Waals surface area contributed by atoms with Crippen LogP contribution in [0.2, 0.25) is 0 Å². The molecule has 13 heavy (non-hydrogen) atoms. The molecule has 0 unspecified atom stereocenters. The molecule has 1 rings (SSSR count). The summed E-state index contributed by atoms with van der Waals surface area (Å²) in [5, 5.41) is 4.04. The van der Waals surface area contributed by atoms with Crippen LogP contribution in [0.1, 0.15) is 5.56 Å². The van der Waals surface area contributed by atoms with Crippen LogP contribution < -0.4 is 5.73 Å². The fraction of sp³-hybridized carbons (Fsp3) is 0.625. The summed E-state index contributed by atoms with van der Waals surface area (Å²) < 4.78 is 11.7. The van der Waals surface area contributed by atoms with Crippen molar-refractivity contribution in [3.63, 3.8) is 0 Å². The molecule has 0 amide bonds. The number of ether oxygens (including phenoxy) is 2. The number of hydrogen-bond acceptors (Lipinski definition) is 4. The molecule has 1 heterocycles. The molecule has 0 radical (unpaired) electrons. The Morgan fingerprint density at radius 3 is 2.85 bits per heavy atom. The quantitative estimate of drug-likeness (QED) is 0.674. The SMILES string of the molecule is COCCOCn1cc(C)c(N)n1. The van der Waals surface area contributed by atoms with E-state index in [2.05, 4.69) is 5.10 Å². The summed E-state index contributed by atoms with van der Waals surface area (Å²) in [7, 11) is 1.64. The van der Waals surface area contributed by atoms with Crippen LogP contribution in [0.3, 0.4) is 0 Å². The van der Waals surface area contributed by atoms with Gasteiger partial charge in [-0.25, -0.2) is 4.68 Å². The highest BCUT2D eigenvalue weighted by molar-refractivity contribution is 5.35. The summed E-state index contributed by atoms with van der Waals surface area (Å²) in [6.07, 6.45) is 1.85. The molecule has 0 aliphatic heterocycles. The number of hydrogen-bond donors (Lipinski definition) is 1. The molecule has 0 spiro atoms. The van der Waals surface area contributed by atoms with Gasteiger partial charge in [0.2, 0.25) is 0 Å². The number of nitrogen functional groups attached to an aromatic ring is 1. The molecule has 0 saturated carbocycles.